The molecule has 2 heterocycles. The average Bonchev–Trinajstić information content (AvgIpc) is 2.95. The van der Waals surface area contributed by atoms with Gasteiger partial charge in [0.15, 0.2) is 0 Å². The molecule has 0 radical (unpaired) electrons. The first kappa shape index (κ1) is 15.2. The van der Waals surface area contributed by atoms with Gasteiger partial charge in [-0.15, -0.1) is 10.2 Å². The molecule has 0 spiro atoms. The summed E-state index contributed by atoms with van der Waals surface area (Å²) in [7, 11) is 0. The molecule has 3 rings (SSSR count). The van der Waals surface area contributed by atoms with Gasteiger partial charge in [0.25, 0.3) is 0 Å². The van der Waals surface area contributed by atoms with Crippen molar-refractivity contribution in [3.8, 4) is 0 Å². The number of aryl methyl sites for hydroxylation is 1. The molecule has 0 unspecified atom stereocenters. The van der Waals surface area contributed by atoms with E-state index in [4.69, 9.17) is 4.42 Å². The summed E-state index contributed by atoms with van der Waals surface area (Å²) < 4.78 is 5.30. The molecule has 7 heteroatoms. The zero-order chi connectivity index (χ0) is 16.4. The summed E-state index contributed by atoms with van der Waals surface area (Å²) in [5.74, 6) is 0.578. The number of carbonyl (C=O) groups excluding carboxylic acids is 2. The molecule has 1 aliphatic heterocycles. The molecule has 120 valence electrons. The predicted molar refractivity (Wildman–Crippen MR) is 80.9 cm³/mol. The summed E-state index contributed by atoms with van der Waals surface area (Å²) in [4.78, 5) is 28.0. The van der Waals surface area contributed by atoms with Crippen molar-refractivity contribution in [2.24, 2.45) is 0 Å². The minimum Gasteiger partial charge on any atom is -0.424 e. The Bertz CT molecular complexity index is 713. The summed E-state index contributed by atoms with van der Waals surface area (Å²) in [5, 5.41) is 7.63. The van der Waals surface area contributed by atoms with Crippen molar-refractivity contribution >= 4 is 11.8 Å². The van der Waals surface area contributed by atoms with E-state index in [2.05, 4.69) is 10.2 Å². The molecule has 1 atom stereocenters. The van der Waals surface area contributed by atoms with Gasteiger partial charge in [-0.1, -0.05) is 30.3 Å². The smallest absolute Gasteiger partial charge is 0.245 e. The van der Waals surface area contributed by atoms with E-state index in [1.807, 2.05) is 30.3 Å². The highest BCUT2D eigenvalue weighted by atomic mass is 16.4. The molecular weight excluding hydrogens is 296 g/mol. The Morgan fingerprint density at radius 2 is 1.91 bits per heavy atom. The van der Waals surface area contributed by atoms with Crippen LogP contribution < -0.4 is 0 Å². The quantitative estimate of drug-likeness (QED) is 0.845. The highest BCUT2D eigenvalue weighted by Crippen LogP contribution is 2.18. The van der Waals surface area contributed by atoms with Crippen LogP contribution in [-0.4, -0.2) is 44.4 Å². The van der Waals surface area contributed by atoms with Crippen LogP contribution >= 0.6 is 0 Å². The SMILES string of the molecule is Cc1nnc(CN2C(=O)CN(Cc3ccccc3)C(=O)[C@@H]2C)o1. The highest BCUT2D eigenvalue weighted by Gasteiger charge is 2.37. The van der Waals surface area contributed by atoms with Gasteiger partial charge in [0.2, 0.25) is 23.6 Å². The number of hydrogen-bond donors (Lipinski definition) is 0. The molecule has 1 aromatic carbocycles. The Balaban J connectivity index is 1.71. The zero-order valence-electron chi connectivity index (χ0n) is 13.1. The predicted octanol–water partition coefficient (Wildman–Crippen LogP) is 1.14. The number of amides is 2. The molecule has 0 aliphatic carbocycles. The fraction of sp³-hybridized carbons (Fsp3) is 0.375. The first-order valence-corrected chi connectivity index (χ1v) is 7.46. The lowest BCUT2D eigenvalue weighted by Crippen LogP contribution is -2.58. The van der Waals surface area contributed by atoms with E-state index in [0.717, 1.165) is 5.56 Å². The lowest BCUT2D eigenvalue weighted by Gasteiger charge is -2.38. The standard InChI is InChI=1S/C16H18N4O3/c1-11-16(22)19(8-13-6-4-3-5-7-13)10-15(21)20(11)9-14-18-17-12(2)23-14/h3-7,11H,8-10H2,1-2H3/t11-/m0/s1. The van der Waals surface area contributed by atoms with Gasteiger partial charge in [-0.05, 0) is 12.5 Å². The molecule has 0 saturated carbocycles. The topological polar surface area (TPSA) is 79.5 Å². The normalized spacial score (nSPS) is 18.6. The van der Waals surface area contributed by atoms with Gasteiger partial charge in [-0.25, -0.2) is 0 Å². The van der Waals surface area contributed by atoms with Crippen LogP contribution in [0, 0.1) is 6.92 Å². The van der Waals surface area contributed by atoms with Crippen molar-refractivity contribution in [2.75, 3.05) is 6.54 Å². The molecule has 0 N–H and O–H groups in total. The van der Waals surface area contributed by atoms with Crippen molar-refractivity contribution in [3.05, 3.63) is 47.7 Å². The second-order valence-electron chi connectivity index (χ2n) is 5.59. The van der Waals surface area contributed by atoms with E-state index in [9.17, 15) is 9.59 Å². The van der Waals surface area contributed by atoms with E-state index in [-0.39, 0.29) is 24.9 Å². The van der Waals surface area contributed by atoms with E-state index in [1.165, 1.54) is 4.90 Å². The van der Waals surface area contributed by atoms with Crippen LogP contribution in [0.2, 0.25) is 0 Å². The van der Waals surface area contributed by atoms with Crippen LogP contribution in [0.5, 0.6) is 0 Å². The second-order valence-corrected chi connectivity index (χ2v) is 5.59. The minimum absolute atomic E-state index is 0.0607. The number of hydrogen-bond acceptors (Lipinski definition) is 5. The molecule has 23 heavy (non-hydrogen) atoms. The highest BCUT2D eigenvalue weighted by molar-refractivity contribution is 5.94. The van der Waals surface area contributed by atoms with Crippen LogP contribution in [0.3, 0.4) is 0 Å². The van der Waals surface area contributed by atoms with Gasteiger partial charge in [0.1, 0.15) is 12.6 Å². The molecule has 1 fully saturated rings. The van der Waals surface area contributed by atoms with E-state index >= 15 is 0 Å². The zero-order valence-corrected chi connectivity index (χ0v) is 13.1. The monoisotopic (exact) mass is 314 g/mol. The number of carbonyl (C=O) groups is 2. The van der Waals surface area contributed by atoms with Gasteiger partial charge >= 0.3 is 0 Å². The lowest BCUT2D eigenvalue weighted by atomic mass is 10.1. The molecular formula is C16H18N4O3. The van der Waals surface area contributed by atoms with Gasteiger partial charge < -0.3 is 14.2 Å². The number of rotatable bonds is 4. The Morgan fingerprint density at radius 3 is 2.57 bits per heavy atom. The summed E-state index contributed by atoms with van der Waals surface area (Å²) in [6, 6.07) is 9.08. The van der Waals surface area contributed by atoms with Gasteiger partial charge in [-0.3, -0.25) is 9.59 Å². The second kappa shape index (κ2) is 6.20. The van der Waals surface area contributed by atoms with Crippen molar-refractivity contribution in [2.45, 2.75) is 33.0 Å². The van der Waals surface area contributed by atoms with E-state index in [1.54, 1.807) is 18.7 Å². The first-order chi connectivity index (χ1) is 11.0. The summed E-state index contributed by atoms with van der Waals surface area (Å²) >= 11 is 0. The Kier molecular flexibility index (Phi) is 4.10. The molecule has 1 aromatic heterocycles. The van der Waals surface area contributed by atoms with Crippen LogP contribution in [0.15, 0.2) is 34.7 Å². The fourth-order valence-electron chi connectivity index (χ4n) is 2.66. The molecule has 0 bridgehead atoms. The van der Waals surface area contributed by atoms with Crippen LogP contribution in [0.4, 0.5) is 0 Å². The number of benzene rings is 1. The molecule has 1 saturated heterocycles. The maximum Gasteiger partial charge on any atom is 0.245 e. The van der Waals surface area contributed by atoms with Crippen molar-refractivity contribution < 1.29 is 14.0 Å². The van der Waals surface area contributed by atoms with Gasteiger partial charge in [0, 0.05) is 13.5 Å². The average molecular weight is 314 g/mol. The van der Waals surface area contributed by atoms with Gasteiger partial charge in [0.05, 0.1) is 6.54 Å². The number of nitrogens with zero attached hydrogens (tertiary/aromatic N) is 4. The van der Waals surface area contributed by atoms with E-state index in [0.29, 0.717) is 18.3 Å². The fourth-order valence-corrected chi connectivity index (χ4v) is 2.66. The van der Waals surface area contributed by atoms with Crippen molar-refractivity contribution in [1.29, 1.82) is 0 Å². The number of piperazine rings is 1. The molecule has 7 nitrogen and oxygen atoms in total. The first-order valence-electron chi connectivity index (χ1n) is 7.46. The Hall–Kier alpha value is -2.70. The maximum absolute atomic E-state index is 12.5. The summed E-state index contributed by atoms with van der Waals surface area (Å²) in [6.07, 6.45) is 0. The largest absolute Gasteiger partial charge is 0.424 e. The Labute approximate surface area is 133 Å². The third-order valence-corrected chi connectivity index (χ3v) is 3.87. The number of aromatic nitrogens is 2. The minimum atomic E-state index is -0.549. The van der Waals surface area contributed by atoms with E-state index < -0.39 is 6.04 Å². The molecule has 1 aliphatic rings. The van der Waals surface area contributed by atoms with Crippen LogP contribution in [-0.2, 0) is 22.7 Å². The third-order valence-electron chi connectivity index (χ3n) is 3.87. The molecule has 2 aromatic rings. The van der Waals surface area contributed by atoms with Crippen LogP contribution in [0.1, 0.15) is 24.3 Å². The maximum atomic E-state index is 12.5. The van der Waals surface area contributed by atoms with Crippen molar-refractivity contribution in [1.82, 2.24) is 20.0 Å². The van der Waals surface area contributed by atoms with Crippen molar-refractivity contribution in [3.63, 3.8) is 0 Å². The van der Waals surface area contributed by atoms with Crippen LogP contribution in [0.25, 0.3) is 0 Å². The summed E-state index contributed by atoms with van der Waals surface area (Å²) in [6.45, 7) is 4.06. The molecule has 2 amide bonds. The van der Waals surface area contributed by atoms with Gasteiger partial charge in [-0.2, -0.15) is 0 Å². The summed E-state index contributed by atoms with van der Waals surface area (Å²) in [5.41, 5.74) is 1.00. The third kappa shape index (κ3) is 3.23. The Morgan fingerprint density at radius 1 is 1.17 bits per heavy atom. The lowest BCUT2D eigenvalue weighted by molar-refractivity contribution is -0.156.